The Bertz CT molecular complexity index is 272. The molecule has 0 radical (unpaired) electrons. The Balaban J connectivity index is 1.70. The van der Waals surface area contributed by atoms with Gasteiger partial charge < -0.3 is 9.31 Å². The first kappa shape index (κ1) is 14.9. The van der Waals surface area contributed by atoms with E-state index in [0.717, 1.165) is 13.0 Å². The lowest BCUT2D eigenvalue weighted by Gasteiger charge is -2.45. The summed E-state index contributed by atoms with van der Waals surface area (Å²) in [6.07, 6.45) is 15.1. The van der Waals surface area contributed by atoms with Crippen LogP contribution in [0.5, 0.6) is 0 Å². The van der Waals surface area contributed by atoms with Crippen molar-refractivity contribution in [3.63, 3.8) is 0 Å². The summed E-state index contributed by atoms with van der Waals surface area (Å²) in [6.45, 7) is 3.05. The van der Waals surface area contributed by atoms with Crippen LogP contribution in [0.1, 0.15) is 77.6 Å². The summed E-state index contributed by atoms with van der Waals surface area (Å²) in [4.78, 5) is 2.65. The van der Waals surface area contributed by atoms with E-state index in [-0.39, 0.29) is 7.25 Å². The smallest absolute Gasteiger partial charge is 0.397 e. The van der Waals surface area contributed by atoms with Gasteiger partial charge in [-0.1, -0.05) is 38.5 Å². The molecule has 1 unspecified atom stereocenters. The minimum absolute atomic E-state index is 0.0649. The molecule has 3 fully saturated rings. The topological polar surface area (TPSA) is 21.7 Å². The second kappa shape index (κ2) is 7.28. The highest BCUT2D eigenvalue weighted by molar-refractivity contribution is 6.41. The van der Waals surface area contributed by atoms with E-state index in [9.17, 15) is 0 Å². The summed E-state index contributed by atoms with van der Waals surface area (Å²) in [7, 11) is -0.0649. The summed E-state index contributed by atoms with van der Waals surface area (Å²) in [5, 5.41) is 0. The molecule has 0 spiro atoms. The molecule has 3 aliphatic rings. The average molecular weight is 279 g/mol. The monoisotopic (exact) mass is 279 g/mol. The van der Waals surface area contributed by atoms with Crippen LogP contribution in [-0.4, -0.2) is 36.9 Å². The maximum Gasteiger partial charge on any atom is 0.558 e. The molecular formula is C16H30BNO2. The van der Waals surface area contributed by atoms with Crippen molar-refractivity contribution < 1.29 is 9.31 Å². The van der Waals surface area contributed by atoms with Gasteiger partial charge in [0.2, 0.25) is 0 Å². The maximum atomic E-state index is 6.16. The summed E-state index contributed by atoms with van der Waals surface area (Å²) < 4.78 is 12.2. The van der Waals surface area contributed by atoms with Crippen molar-refractivity contribution in [2.75, 3.05) is 6.61 Å². The molecule has 0 N–H and O–H groups in total. The van der Waals surface area contributed by atoms with E-state index in [0.29, 0.717) is 18.2 Å². The molecule has 114 valence electrons. The Morgan fingerprint density at radius 3 is 1.85 bits per heavy atom. The van der Waals surface area contributed by atoms with Gasteiger partial charge in [-0.2, -0.15) is 0 Å². The third-order valence-corrected chi connectivity index (χ3v) is 5.37. The Kier molecular flexibility index (Phi) is 5.41. The molecule has 4 heteroatoms. The van der Waals surface area contributed by atoms with Gasteiger partial charge in [-0.25, -0.2) is 0 Å². The highest BCUT2D eigenvalue weighted by atomic mass is 16.6. The fourth-order valence-electron chi connectivity index (χ4n) is 4.20. The van der Waals surface area contributed by atoms with Crippen LogP contribution in [0.3, 0.4) is 0 Å². The van der Waals surface area contributed by atoms with Crippen molar-refractivity contribution in [2.24, 2.45) is 0 Å². The zero-order chi connectivity index (χ0) is 13.8. The van der Waals surface area contributed by atoms with Crippen molar-refractivity contribution in [2.45, 2.75) is 95.7 Å². The van der Waals surface area contributed by atoms with Crippen molar-refractivity contribution in [1.82, 2.24) is 4.81 Å². The SMILES string of the molecule is CC1CCOB(N(C2CCCCC2)C2CCCCC2)O1. The first-order valence-electron chi connectivity index (χ1n) is 8.89. The molecule has 1 atom stereocenters. The number of hydrogen-bond acceptors (Lipinski definition) is 3. The van der Waals surface area contributed by atoms with Gasteiger partial charge >= 0.3 is 7.25 Å². The van der Waals surface area contributed by atoms with Gasteiger partial charge in [0, 0.05) is 24.8 Å². The molecule has 0 amide bonds. The first-order valence-corrected chi connectivity index (χ1v) is 8.89. The zero-order valence-electron chi connectivity index (χ0n) is 13.1. The molecule has 0 aromatic rings. The van der Waals surface area contributed by atoms with Crippen LogP contribution in [-0.2, 0) is 9.31 Å². The van der Waals surface area contributed by atoms with Crippen LogP contribution < -0.4 is 0 Å². The normalized spacial score (nSPS) is 30.9. The van der Waals surface area contributed by atoms with Gasteiger partial charge in [0.1, 0.15) is 0 Å². The minimum Gasteiger partial charge on any atom is -0.397 e. The Labute approximate surface area is 124 Å². The lowest BCUT2D eigenvalue weighted by molar-refractivity contribution is 0.0143. The van der Waals surface area contributed by atoms with Crippen molar-refractivity contribution in [1.29, 1.82) is 0 Å². The molecule has 0 aromatic heterocycles. The van der Waals surface area contributed by atoms with E-state index >= 15 is 0 Å². The molecule has 1 heterocycles. The summed E-state index contributed by atoms with van der Waals surface area (Å²) in [5.74, 6) is 0. The van der Waals surface area contributed by atoms with Crippen molar-refractivity contribution >= 4 is 7.25 Å². The molecule has 20 heavy (non-hydrogen) atoms. The van der Waals surface area contributed by atoms with Gasteiger partial charge in [-0.15, -0.1) is 0 Å². The lowest BCUT2D eigenvalue weighted by Crippen LogP contribution is -2.58. The predicted octanol–water partition coefficient (Wildman–Crippen LogP) is 3.76. The van der Waals surface area contributed by atoms with Crippen LogP contribution in [0.25, 0.3) is 0 Å². The fourth-order valence-corrected chi connectivity index (χ4v) is 4.20. The Hall–Kier alpha value is -0.0551. The quantitative estimate of drug-likeness (QED) is 0.734. The molecule has 3 nitrogen and oxygen atoms in total. The van der Waals surface area contributed by atoms with Gasteiger partial charge in [0.05, 0.1) is 0 Å². The fraction of sp³-hybridized carbons (Fsp3) is 1.00. The molecule has 0 bridgehead atoms. The summed E-state index contributed by atoms with van der Waals surface area (Å²) in [6, 6.07) is 1.39. The molecule has 0 aromatic carbocycles. The van der Waals surface area contributed by atoms with E-state index in [1.54, 1.807) is 0 Å². The Morgan fingerprint density at radius 1 is 0.800 bits per heavy atom. The second-order valence-electron chi connectivity index (χ2n) is 6.94. The highest BCUT2D eigenvalue weighted by Gasteiger charge is 2.42. The van der Waals surface area contributed by atoms with Gasteiger partial charge in [0.25, 0.3) is 0 Å². The average Bonchev–Trinajstić information content (AvgIpc) is 2.50. The molecule has 2 aliphatic carbocycles. The van der Waals surface area contributed by atoms with Crippen LogP contribution in [0.2, 0.25) is 0 Å². The number of hydrogen-bond donors (Lipinski definition) is 0. The second-order valence-corrected chi connectivity index (χ2v) is 6.94. The third-order valence-electron chi connectivity index (χ3n) is 5.37. The molecular weight excluding hydrogens is 249 g/mol. The van der Waals surface area contributed by atoms with Crippen LogP contribution in [0, 0.1) is 0 Å². The van der Waals surface area contributed by atoms with E-state index in [4.69, 9.17) is 9.31 Å². The van der Waals surface area contributed by atoms with Crippen LogP contribution in [0.15, 0.2) is 0 Å². The van der Waals surface area contributed by atoms with E-state index in [2.05, 4.69) is 11.7 Å². The minimum atomic E-state index is -0.0649. The largest absolute Gasteiger partial charge is 0.558 e. The van der Waals surface area contributed by atoms with E-state index in [1.165, 1.54) is 64.2 Å². The maximum absolute atomic E-state index is 6.16. The number of rotatable bonds is 3. The summed E-state index contributed by atoms with van der Waals surface area (Å²) in [5.41, 5.74) is 0. The molecule has 1 aliphatic heterocycles. The number of nitrogens with zero attached hydrogens (tertiary/aromatic N) is 1. The molecule has 2 saturated carbocycles. The van der Waals surface area contributed by atoms with Crippen LogP contribution >= 0.6 is 0 Å². The first-order chi connectivity index (χ1) is 9.84. The standard InChI is InChI=1S/C16H30BNO2/c1-14-12-13-19-17(20-14)18(15-8-4-2-5-9-15)16-10-6-3-7-11-16/h14-16H,2-13H2,1H3. The van der Waals surface area contributed by atoms with Gasteiger partial charge in [-0.05, 0) is 39.0 Å². The van der Waals surface area contributed by atoms with E-state index in [1.807, 2.05) is 0 Å². The van der Waals surface area contributed by atoms with E-state index < -0.39 is 0 Å². The van der Waals surface area contributed by atoms with Gasteiger partial charge in [-0.3, -0.25) is 4.81 Å². The van der Waals surface area contributed by atoms with Crippen molar-refractivity contribution in [3.8, 4) is 0 Å². The molecule has 3 rings (SSSR count). The van der Waals surface area contributed by atoms with Gasteiger partial charge in [0.15, 0.2) is 0 Å². The molecule has 1 saturated heterocycles. The predicted molar refractivity (Wildman–Crippen MR) is 82.5 cm³/mol. The Morgan fingerprint density at radius 2 is 1.35 bits per heavy atom. The lowest BCUT2D eigenvalue weighted by atomic mass is 9.82. The summed E-state index contributed by atoms with van der Waals surface area (Å²) >= 11 is 0. The van der Waals surface area contributed by atoms with Crippen molar-refractivity contribution in [3.05, 3.63) is 0 Å². The zero-order valence-corrected chi connectivity index (χ0v) is 13.1. The third kappa shape index (κ3) is 3.58. The van der Waals surface area contributed by atoms with Crippen LogP contribution in [0.4, 0.5) is 0 Å². The highest BCUT2D eigenvalue weighted by Crippen LogP contribution is 2.32.